The Hall–Kier alpha value is -3.66. The van der Waals surface area contributed by atoms with Crippen molar-refractivity contribution in [2.45, 2.75) is 13.8 Å². The molecule has 0 aliphatic rings. The first kappa shape index (κ1) is 19.6. The molecule has 0 bridgehead atoms. The molecule has 2 amide bonds. The average Bonchev–Trinajstić information content (AvgIpc) is 3.28. The largest absolute Gasteiger partial charge is 0.342 e. The molecule has 0 unspecified atom stereocenters. The van der Waals surface area contributed by atoms with Gasteiger partial charge in [-0.25, -0.2) is 15.0 Å². The maximum Gasteiger partial charge on any atom is 0.272 e. The van der Waals surface area contributed by atoms with Crippen LogP contribution in [-0.2, 0) is 11.8 Å². The van der Waals surface area contributed by atoms with E-state index in [4.69, 9.17) is 0 Å². The Labute approximate surface area is 176 Å². The molecule has 152 valence electrons. The Kier molecular flexibility index (Phi) is 5.23. The van der Waals surface area contributed by atoms with Crippen LogP contribution in [0.3, 0.4) is 0 Å². The van der Waals surface area contributed by atoms with Crippen molar-refractivity contribution in [2.24, 2.45) is 7.05 Å². The summed E-state index contributed by atoms with van der Waals surface area (Å²) < 4.78 is 2.68. The van der Waals surface area contributed by atoms with E-state index in [9.17, 15) is 9.59 Å². The number of carbonyl (C=O) groups excluding carboxylic acids is 2. The van der Waals surface area contributed by atoms with Crippen molar-refractivity contribution in [3.63, 3.8) is 0 Å². The number of rotatable bonds is 5. The van der Waals surface area contributed by atoms with Crippen LogP contribution >= 0.6 is 11.3 Å². The Bertz CT molecular complexity index is 1230. The third kappa shape index (κ3) is 3.77. The normalized spacial score (nSPS) is 10.9. The van der Waals surface area contributed by atoms with E-state index in [2.05, 4.69) is 30.7 Å². The molecule has 4 rings (SSSR count). The highest BCUT2D eigenvalue weighted by Gasteiger charge is 2.20. The van der Waals surface area contributed by atoms with Crippen molar-refractivity contribution >= 4 is 39.1 Å². The molecule has 0 radical (unpaired) electrons. The predicted molar refractivity (Wildman–Crippen MR) is 114 cm³/mol. The van der Waals surface area contributed by atoms with Crippen molar-refractivity contribution in [2.75, 3.05) is 11.9 Å². The number of aromatic nitrogens is 5. The Morgan fingerprint density at radius 1 is 1.13 bits per heavy atom. The molecule has 3 aromatic heterocycles. The van der Waals surface area contributed by atoms with Crippen molar-refractivity contribution in [1.82, 2.24) is 30.0 Å². The zero-order valence-electron chi connectivity index (χ0n) is 16.6. The minimum absolute atomic E-state index is 0.123. The molecule has 0 spiro atoms. The van der Waals surface area contributed by atoms with E-state index >= 15 is 0 Å². The maximum atomic E-state index is 12.7. The number of aryl methyl sites for hydroxylation is 2. The summed E-state index contributed by atoms with van der Waals surface area (Å²) >= 11 is 1.43. The Morgan fingerprint density at radius 2 is 1.90 bits per heavy atom. The fourth-order valence-electron chi connectivity index (χ4n) is 3.02. The lowest BCUT2D eigenvalue weighted by atomic mass is 10.2. The van der Waals surface area contributed by atoms with E-state index in [1.165, 1.54) is 23.7 Å². The van der Waals surface area contributed by atoms with Crippen LogP contribution < -0.4 is 10.6 Å². The van der Waals surface area contributed by atoms with E-state index in [0.717, 1.165) is 15.9 Å². The molecule has 3 heterocycles. The van der Waals surface area contributed by atoms with Crippen molar-refractivity contribution < 1.29 is 9.59 Å². The average molecular weight is 421 g/mol. The van der Waals surface area contributed by atoms with Gasteiger partial charge >= 0.3 is 0 Å². The van der Waals surface area contributed by atoms with Gasteiger partial charge in [0.05, 0.1) is 33.8 Å². The second-order valence-corrected chi connectivity index (χ2v) is 7.67. The number of carbonyl (C=O) groups is 2. The van der Waals surface area contributed by atoms with Crippen LogP contribution in [0, 0.1) is 13.8 Å². The van der Waals surface area contributed by atoms with E-state index in [-0.39, 0.29) is 18.1 Å². The van der Waals surface area contributed by atoms with Gasteiger partial charge in [-0.1, -0.05) is 12.1 Å². The molecule has 0 saturated heterocycles. The molecular formula is C20H19N7O2S. The van der Waals surface area contributed by atoms with Crippen LogP contribution in [-0.4, -0.2) is 43.1 Å². The van der Waals surface area contributed by atoms with Gasteiger partial charge in [0.1, 0.15) is 10.7 Å². The highest BCUT2D eigenvalue weighted by Crippen LogP contribution is 2.30. The number of para-hydroxylation sites is 1. The zero-order valence-corrected chi connectivity index (χ0v) is 17.4. The van der Waals surface area contributed by atoms with E-state index < -0.39 is 5.91 Å². The molecule has 0 aliphatic carbocycles. The number of fused-ring (bicyclic) bond motifs is 1. The number of thiazole rings is 1. The van der Waals surface area contributed by atoms with E-state index in [0.29, 0.717) is 22.1 Å². The lowest BCUT2D eigenvalue weighted by Crippen LogP contribution is -2.34. The molecule has 0 atom stereocenters. The van der Waals surface area contributed by atoms with Gasteiger partial charge in [-0.15, -0.1) is 11.3 Å². The highest BCUT2D eigenvalue weighted by atomic mass is 32.1. The molecular weight excluding hydrogens is 402 g/mol. The quantitative estimate of drug-likeness (QED) is 0.512. The van der Waals surface area contributed by atoms with E-state index in [1.54, 1.807) is 11.7 Å². The molecule has 4 aromatic rings. The standard InChI is InChI=1S/C20H19N7O2S/c1-11-16(12(2)27(3)26-11)25-15(28)10-23-19(29)17-18(22-9-8-21-17)20-24-13-6-4-5-7-14(13)30-20/h4-9H,10H2,1-3H3,(H,23,29)(H,25,28). The topological polar surface area (TPSA) is 115 Å². The van der Waals surface area contributed by atoms with Gasteiger partial charge in [-0.2, -0.15) is 5.10 Å². The Balaban J connectivity index is 1.49. The summed E-state index contributed by atoms with van der Waals surface area (Å²) in [5.74, 6) is -0.847. The van der Waals surface area contributed by atoms with Crippen molar-refractivity contribution in [3.8, 4) is 10.7 Å². The number of nitrogens with zero attached hydrogens (tertiary/aromatic N) is 5. The lowest BCUT2D eigenvalue weighted by Gasteiger charge is -2.08. The summed E-state index contributed by atoms with van der Waals surface area (Å²) in [6.45, 7) is 3.46. The first-order valence-electron chi connectivity index (χ1n) is 9.19. The van der Waals surface area contributed by atoms with Crippen LogP contribution in [0.1, 0.15) is 21.9 Å². The zero-order chi connectivity index (χ0) is 21.3. The van der Waals surface area contributed by atoms with Gasteiger partial charge in [-0.05, 0) is 26.0 Å². The fourth-order valence-corrected chi connectivity index (χ4v) is 3.98. The SMILES string of the molecule is Cc1nn(C)c(C)c1NC(=O)CNC(=O)c1nccnc1-c1nc2ccccc2s1. The molecule has 9 nitrogen and oxygen atoms in total. The molecule has 1 aromatic carbocycles. The number of amides is 2. The summed E-state index contributed by atoms with van der Waals surface area (Å²) in [4.78, 5) is 38.1. The summed E-state index contributed by atoms with van der Waals surface area (Å²) in [5.41, 5.74) is 3.53. The summed E-state index contributed by atoms with van der Waals surface area (Å²) in [6.07, 6.45) is 2.95. The third-order valence-corrected chi connectivity index (χ3v) is 5.64. The number of hydrogen-bond donors (Lipinski definition) is 2. The molecule has 30 heavy (non-hydrogen) atoms. The van der Waals surface area contributed by atoms with Crippen molar-refractivity contribution in [1.29, 1.82) is 0 Å². The van der Waals surface area contributed by atoms with Gasteiger partial charge in [0.25, 0.3) is 5.91 Å². The van der Waals surface area contributed by atoms with Crippen LogP contribution in [0.2, 0.25) is 0 Å². The minimum Gasteiger partial charge on any atom is -0.342 e. The first-order valence-corrected chi connectivity index (χ1v) is 10.0. The van der Waals surface area contributed by atoms with Crippen LogP contribution in [0.4, 0.5) is 5.69 Å². The van der Waals surface area contributed by atoms with Gasteiger partial charge in [0.2, 0.25) is 5.91 Å². The van der Waals surface area contributed by atoms with Gasteiger partial charge in [-0.3, -0.25) is 14.3 Å². The van der Waals surface area contributed by atoms with Crippen molar-refractivity contribution in [3.05, 3.63) is 53.7 Å². The number of nitrogens with one attached hydrogen (secondary N) is 2. The summed E-state index contributed by atoms with van der Waals surface area (Å²) in [6, 6.07) is 7.69. The smallest absolute Gasteiger partial charge is 0.272 e. The molecule has 10 heteroatoms. The maximum absolute atomic E-state index is 12.7. The predicted octanol–water partition coefficient (Wildman–Crippen LogP) is 2.47. The summed E-state index contributed by atoms with van der Waals surface area (Å²) in [7, 11) is 1.80. The highest BCUT2D eigenvalue weighted by molar-refractivity contribution is 7.21. The molecule has 0 fully saturated rings. The molecule has 0 saturated carbocycles. The third-order valence-electron chi connectivity index (χ3n) is 4.59. The van der Waals surface area contributed by atoms with E-state index in [1.807, 2.05) is 38.1 Å². The summed E-state index contributed by atoms with van der Waals surface area (Å²) in [5, 5.41) is 10.2. The van der Waals surface area contributed by atoms with Crippen LogP contribution in [0.15, 0.2) is 36.7 Å². The second-order valence-electron chi connectivity index (χ2n) is 6.64. The lowest BCUT2D eigenvalue weighted by molar-refractivity contribution is -0.115. The Morgan fingerprint density at radius 3 is 2.63 bits per heavy atom. The second kappa shape index (κ2) is 7.99. The van der Waals surface area contributed by atoms with Gasteiger partial charge < -0.3 is 10.6 Å². The molecule has 2 N–H and O–H groups in total. The number of benzene rings is 1. The van der Waals surface area contributed by atoms with Gasteiger partial charge in [0, 0.05) is 19.4 Å². The minimum atomic E-state index is -0.493. The van der Waals surface area contributed by atoms with Gasteiger partial charge in [0.15, 0.2) is 5.69 Å². The van der Waals surface area contributed by atoms with Crippen LogP contribution in [0.25, 0.3) is 20.9 Å². The number of anilines is 1. The fraction of sp³-hybridized carbons (Fsp3) is 0.200. The first-order chi connectivity index (χ1) is 14.4. The monoisotopic (exact) mass is 421 g/mol. The molecule has 0 aliphatic heterocycles. The van der Waals surface area contributed by atoms with Crippen LogP contribution in [0.5, 0.6) is 0 Å². The number of hydrogen-bond acceptors (Lipinski definition) is 7.